The number of piperidine rings is 1. The third-order valence-corrected chi connectivity index (χ3v) is 6.14. The lowest BCUT2D eigenvalue weighted by molar-refractivity contribution is 0.0688. The predicted molar refractivity (Wildman–Crippen MR) is 99.7 cm³/mol. The van der Waals surface area contributed by atoms with Crippen molar-refractivity contribution >= 4 is 27.3 Å². The van der Waals surface area contributed by atoms with E-state index in [-0.39, 0.29) is 18.3 Å². The van der Waals surface area contributed by atoms with Crippen LogP contribution in [-0.4, -0.2) is 44.6 Å². The smallest absolute Gasteiger partial charge is 0.264 e. The molecule has 0 atom stereocenters. The molecule has 1 N–H and O–H groups in total. The quantitative estimate of drug-likeness (QED) is 0.851. The van der Waals surface area contributed by atoms with Crippen LogP contribution in [0.4, 0.5) is 4.39 Å². The van der Waals surface area contributed by atoms with Gasteiger partial charge in [0.2, 0.25) is 0 Å². The first kappa shape index (κ1) is 18.3. The highest BCUT2D eigenvalue weighted by Crippen LogP contribution is 2.35. The van der Waals surface area contributed by atoms with Crippen LogP contribution in [-0.2, 0) is 11.3 Å². The molecule has 1 aromatic carbocycles. The standard InChI is InChI=1S/C19H25FN2O2S/c1-21-9-6-13-7-10-22(11-8-13)19(23)18-14(12-24-2)17-15(20)4-3-5-16(17)25-18/h3-5,13,21H,6-12H2,1-2H3. The molecule has 0 aliphatic carbocycles. The Bertz CT molecular complexity index is 738. The van der Waals surface area contributed by atoms with Gasteiger partial charge in [-0.05, 0) is 50.9 Å². The Balaban J connectivity index is 1.81. The van der Waals surface area contributed by atoms with Crippen molar-refractivity contribution in [2.45, 2.75) is 25.9 Å². The first-order valence-electron chi connectivity index (χ1n) is 8.78. The van der Waals surface area contributed by atoms with E-state index in [4.69, 9.17) is 4.74 Å². The molecule has 2 heterocycles. The number of nitrogens with zero attached hydrogens (tertiary/aromatic N) is 1. The molecule has 0 bridgehead atoms. The van der Waals surface area contributed by atoms with Gasteiger partial charge in [-0.2, -0.15) is 0 Å². The second-order valence-corrected chi connectivity index (χ2v) is 7.64. The van der Waals surface area contributed by atoms with Crippen LogP contribution >= 0.6 is 11.3 Å². The molecule has 2 aromatic rings. The largest absolute Gasteiger partial charge is 0.380 e. The number of hydrogen-bond acceptors (Lipinski definition) is 4. The molecule has 0 spiro atoms. The lowest BCUT2D eigenvalue weighted by Crippen LogP contribution is -2.39. The number of halogens is 1. The maximum atomic E-state index is 14.3. The van der Waals surface area contributed by atoms with Crippen molar-refractivity contribution in [3.8, 4) is 0 Å². The monoisotopic (exact) mass is 364 g/mol. The Morgan fingerprint density at radius 2 is 2.16 bits per heavy atom. The molecule has 25 heavy (non-hydrogen) atoms. The van der Waals surface area contributed by atoms with E-state index in [9.17, 15) is 9.18 Å². The average Bonchev–Trinajstić information content (AvgIpc) is 3.00. The van der Waals surface area contributed by atoms with Crippen molar-refractivity contribution in [3.05, 3.63) is 34.5 Å². The SMILES string of the molecule is CNCCC1CCN(C(=O)c2sc3cccc(F)c3c2COC)CC1. The number of hydrogen-bond donors (Lipinski definition) is 1. The predicted octanol–water partition coefficient (Wildman–Crippen LogP) is 3.65. The van der Waals surface area contributed by atoms with Gasteiger partial charge >= 0.3 is 0 Å². The van der Waals surface area contributed by atoms with Crippen molar-refractivity contribution in [2.75, 3.05) is 33.8 Å². The summed E-state index contributed by atoms with van der Waals surface area (Å²) in [6.45, 7) is 2.82. The Morgan fingerprint density at radius 1 is 1.40 bits per heavy atom. The zero-order valence-corrected chi connectivity index (χ0v) is 15.6. The number of carbonyl (C=O) groups excluding carboxylic acids is 1. The van der Waals surface area contributed by atoms with Gasteiger partial charge in [0, 0.05) is 35.8 Å². The van der Waals surface area contributed by atoms with Crippen molar-refractivity contribution in [2.24, 2.45) is 5.92 Å². The summed E-state index contributed by atoms with van der Waals surface area (Å²) < 4.78 is 20.3. The van der Waals surface area contributed by atoms with Crippen molar-refractivity contribution < 1.29 is 13.9 Å². The Kier molecular flexibility index (Phi) is 6.04. The van der Waals surface area contributed by atoms with Crippen molar-refractivity contribution in [1.29, 1.82) is 0 Å². The second kappa shape index (κ2) is 8.25. The zero-order valence-electron chi connectivity index (χ0n) is 14.8. The Morgan fingerprint density at radius 3 is 2.84 bits per heavy atom. The van der Waals surface area contributed by atoms with Crippen LogP contribution < -0.4 is 5.32 Å². The molecule has 6 heteroatoms. The van der Waals surface area contributed by atoms with Gasteiger partial charge in [-0.1, -0.05) is 6.07 Å². The van der Waals surface area contributed by atoms with E-state index in [0.717, 1.165) is 43.6 Å². The summed E-state index contributed by atoms with van der Waals surface area (Å²) in [6, 6.07) is 4.99. The number of rotatable bonds is 6. The third kappa shape index (κ3) is 3.86. The van der Waals surface area contributed by atoms with Gasteiger partial charge in [0.15, 0.2) is 0 Å². The summed E-state index contributed by atoms with van der Waals surface area (Å²) in [4.78, 5) is 15.6. The number of fused-ring (bicyclic) bond motifs is 1. The van der Waals surface area contributed by atoms with E-state index < -0.39 is 0 Å². The van der Waals surface area contributed by atoms with E-state index in [1.807, 2.05) is 18.0 Å². The van der Waals surface area contributed by atoms with Crippen LogP contribution in [0.25, 0.3) is 10.1 Å². The summed E-state index contributed by atoms with van der Waals surface area (Å²) >= 11 is 1.37. The van der Waals surface area contributed by atoms with Crippen LogP contribution in [0, 0.1) is 11.7 Å². The molecule has 1 aliphatic heterocycles. The van der Waals surface area contributed by atoms with Crippen LogP contribution in [0.3, 0.4) is 0 Å². The highest BCUT2D eigenvalue weighted by Gasteiger charge is 2.27. The van der Waals surface area contributed by atoms with E-state index in [0.29, 0.717) is 21.7 Å². The second-order valence-electron chi connectivity index (χ2n) is 6.58. The first-order chi connectivity index (χ1) is 12.2. The minimum absolute atomic E-state index is 0.0136. The molecule has 1 fully saturated rings. The number of thiophene rings is 1. The fourth-order valence-corrected chi connectivity index (χ4v) is 4.73. The van der Waals surface area contributed by atoms with Crippen LogP contribution in [0.2, 0.25) is 0 Å². The minimum Gasteiger partial charge on any atom is -0.380 e. The van der Waals surface area contributed by atoms with Crippen LogP contribution in [0.5, 0.6) is 0 Å². The van der Waals surface area contributed by atoms with Gasteiger partial charge < -0.3 is 15.0 Å². The van der Waals surface area contributed by atoms with E-state index in [2.05, 4.69) is 5.32 Å². The Hall–Kier alpha value is -1.50. The van der Waals surface area contributed by atoms with E-state index in [1.165, 1.54) is 17.4 Å². The number of benzene rings is 1. The highest BCUT2D eigenvalue weighted by molar-refractivity contribution is 7.21. The molecule has 0 unspecified atom stereocenters. The van der Waals surface area contributed by atoms with Gasteiger partial charge in [-0.3, -0.25) is 4.79 Å². The molecule has 136 valence electrons. The minimum atomic E-state index is -0.286. The summed E-state index contributed by atoms with van der Waals surface area (Å²) in [6.07, 6.45) is 3.22. The number of amides is 1. The first-order valence-corrected chi connectivity index (χ1v) is 9.60. The molecular weight excluding hydrogens is 339 g/mol. The van der Waals surface area contributed by atoms with Gasteiger partial charge in [0.05, 0.1) is 11.5 Å². The molecule has 3 rings (SSSR count). The van der Waals surface area contributed by atoms with E-state index >= 15 is 0 Å². The fourth-order valence-electron chi connectivity index (χ4n) is 3.54. The summed E-state index contributed by atoms with van der Waals surface area (Å²) in [7, 11) is 3.54. The topological polar surface area (TPSA) is 41.6 Å². The molecular formula is C19H25FN2O2S. The molecule has 1 amide bonds. The van der Waals surface area contributed by atoms with E-state index in [1.54, 1.807) is 13.2 Å². The summed E-state index contributed by atoms with van der Waals surface area (Å²) in [5, 5.41) is 3.72. The maximum absolute atomic E-state index is 14.3. The molecule has 0 radical (unpaired) electrons. The highest BCUT2D eigenvalue weighted by atomic mass is 32.1. The van der Waals surface area contributed by atoms with Gasteiger partial charge in [0.1, 0.15) is 5.82 Å². The lowest BCUT2D eigenvalue weighted by atomic mass is 9.93. The molecule has 1 aromatic heterocycles. The fraction of sp³-hybridized carbons (Fsp3) is 0.526. The summed E-state index contributed by atoms with van der Waals surface area (Å²) in [5.74, 6) is 0.403. The molecule has 0 saturated carbocycles. The zero-order chi connectivity index (χ0) is 17.8. The van der Waals surface area contributed by atoms with Crippen molar-refractivity contribution in [1.82, 2.24) is 10.2 Å². The lowest BCUT2D eigenvalue weighted by Gasteiger charge is -2.32. The number of methoxy groups -OCH3 is 1. The van der Waals surface area contributed by atoms with Crippen LogP contribution in [0.15, 0.2) is 18.2 Å². The summed E-state index contributed by atoms with van der Waals surface area (Å²) in [5.41, 5.74) is 0.683. The third-order valence-electron chi connectivity index (χ3n) is 4.95. The van der Waals surface area contributed by atoms with Gasteiger partial charge in [-0.25, -0.2) is 4.39 Å². The molecule has 1 saturated heterocycles. The number of carbonyl (C=O) groups is 1. The van der Waals surface area contributed by atoms with Crippen LogP contribution in [0.1, 0.15) is 34.5 Å². The maximum Gasteiger partial charge on any atom is 0.264 e. The number of ether oxygens (including phenoxy) is 1. The average molecular weight is 364 g/mol. The van der Waals surface area contributed by atoms with Crippen molar-refractivity contribution in [3.63, 3.8) is 0 Å². The normalized spacial score (nSPS) is 15.9. The Labute approximate surface area is 152 Å². The van der Waals surface area contributed by atoms with Gasteiger partial charge in [0.25, 0.3) is 5.91 Å². The molecule has 1 aliphatic rings. The number of nitrogens with one attached hydrogen (secondary N) is 1. The molecule has 4 nitrogen and oxygen atoms in total. The van der Waals surface area contributed by atoms with Gasteiger partial charge in [-0.15, -0.1) is 11.3 Å². The number of likely N-dealkylation sites (tertiary alicyclic amines) is 1.